The zero-order valence-corrected chi connectivity index (χ0v) is 11.0. The second-order valence-corrected chi connectivity index (χ2v) is 4.72. The monoisotopic (exact) mass is 263 g/mol. The molecule has 2 aromatic rings. The van der Waals surface area contributed by atoms with E-state index in [9.17, 15) is 4.79 Å². The normalized spacial score (nSPS) is 10.1. The predicted octanol–water partition coefficient (Wildman–Crippen LogP) is 1.96. The number of esters is 1. The summed E-state index contributed by atoms with van der Waals surface area (Å²) in [6.45, 7) is 0.719. The molecule has 0 spiro atoms. The molecular formula is C12H13N3O2S. The number of rotatable bonds is 4. The van der Waals surface area contributed by atoms with Gasteiger partial charge >= 0.3 is 5.97 Å². The second-order valence-electron chi connectivity index (χ2n) is 3.71. The summed E-state index contributed by atoms with van der Waals surface area (Å²) in [7, 11) is 3.29. The Labute approximate surface area is 109 Å². The molecular weight excluding hydrogens is 250 g/mol. The van der Waals surface area contributed by atoms with E-state index in [4.69, 9.17) is 0 Å². The summed E-state index contributed by atoms with van der Waals surface area (Å²) in [6.07, 6.45) is 5.05. The number of anilines is 1. The van der Waals surface area contributed by atoms with Crippen LogP contribution in [0.4, 0.5) is 5.13 Å². The molecule has 0 aliphatic carbocycles. The quantitative estimate of drug-likeness (QED) is 0.789. The van der Waals surface area contributed by atoms with Gasteiger partial charge in [0.25, 0.3) is 0 Å². The average Bonchev–Trinajstić information content (AvgIpc) is 2.88. The van der Waals surface area contributed by atoms with Crippen molar-refractivity contribution in [3.63, 3.8) is 0 Å². The summed E-state index contributed by atoms with van der Waals surface area (Å²) < 4.78 is 4.65. The maximum atomic E-state index is 11.3. The van der Waals surface area contributed by atoms with Gasteiger partial charge in [-0.25, -0.2) is 9.78 Å². The van der Waals surface area contributed by atoms with Crippen molar-refractivity contribution in [2.24, 2.45) is 0 Å². The first kappa shape index (κ1) is 12.5. The molecule has 0 bridgehead atoms. The van der Waals surface area contributed by atoms with Crippen molar-refractivity contribution in [3.8, 4) is 0 Å². The molecule has 0 saturated carbocycles. The number of ether oxygens (including phenoxy) is 1. The first-order valence-electron chi connectivity index (χ1n) is 5.35. The van der Waals surface area contributed by atoms with E-state index in [0.717, 1.165) is 17.2 Å². The van der Waals surface area contributed by atoms with Crippen LogP contribution in [0.3, 0.4) is 0 Å². The smallest absolute Gasteiger partial charge is 0.349 e. The largest absolute Gasteiger partial charge is 0.465 e. The van der Waals surface area contributed by atoms with Crippen LogP contribution < -0.4 is 4.90 Å². The van der Waals surface area contributed by atoms with Gasteiger partial charge in [0.1, 0.15) is 4.88 Å². The van der Waals surface area contributed by atoms with Crippen molar-refractivity contribution in [3.05, 3.63) is 41.2 Å². The number of carbonyl (C=O) groups is 1. The number of aromatic nitrogens is 2. The van der Waals surface area contributed by atoms with E-state index >= 15 is 0 Å². The van der Waals surface area contributed by atoms with Crippen LogP contribution in [0, 0.1) is 0 Å². The lowest BCUT2D eigenvalue weighted by molar-refractivity contribution is 0.0606. The Hall–Kier alpha value is -1.95. The summed E-state index contributed by atoms with van der Waals surface area (Å²) in [5.74, 6) is -0.351. The van der Waals surface area contributed by atoms with Gasteiger partial charge < -0.3 is 9.64 Å². The number of hydrogen-bond donors (Lipinski definition) is 0. The number of pyridine rings is 1. The fraction of sp³-hybridized carbons (Fsp3) is 0.250. The highest BCUT2D eigenvalue weighted by Crippen LogP contribution is 2.23. The first-order chi connectivity index (χ1) is 8.70. The van der Waals surface area contributed by atoms with E-state index < -0.39 is 0 Å². The van der Waals surface area contributed by atoms with Gasteiger partial charge in [-0.05, 0) is 17.7 Å². The van der Waals surface area contributed by atoms with Gasteiger partial charge in [-0.15, -0.1) is 0 Å². The van der Waals surface area contributed by atoms with Gasteiger partial charge in [0.2, 0.25) is 0 Å². The first-order valence-corrected chi connectivity index (χ1v) is 6.16. The highest BCUT2D eigenvalue weighted by atomic mass is 32.1. The fourth-order valence-corrected chi connectivity index (χ4v) is 2.26. The number of hydrogen-bond acceptors (Lipinski definition) is 6. The van der Waals surface area contributed by atoms with E-state index in [1.54, 1.807) is 12.4 Å². The lowest BCUT2D eigenvalue weighted by atomic mass is 10.2. The molecule has 0 N–H and O–H groups in total. The minimum absolute atomic E-state index is 0.351. The Kier molecular flexibility index (Phi) is 3.88. The van der Waals surface area contributed by atoms with Gasteiger partial charge in [-0.1, -0.05) is 11.3 Å². The molecule has 0 aliphatic heterocycles. The Morgan fingerprint density at radius 1 is 1.44 bits per heavy atom. The third kappa shape index (κ3) is 2.84. The van der Waals surface area contributed by atoms with Crippen LogP contribution in [0.25, 0.3) is 0 Å². The fourth-order valence-electron chi connectivity index (χ4n) is 1.47. The molecule has 0 aliphatic rings. The Morgan fingerprint density at radius 2 is 2.17 bits per heavy atom. The topological polar surface area (TPSA) is 55.3 Å². The van der Waals surface area contributed by atoms with Crippen molar-refractivity contribution >= 4 is 22.4 Å². The molecule has 0 aromatic carbocycles. The maximum absolute atomic E-state index is 11.3. The minimum atomic E-state index is -0.351. The highest BCUT2D eigenvalue weighted by Gasteiger charge is 2.13. The van der Waals surface area contributed by atoms with Crippen LogP contribution in [0.15, 0.2) is 30.7 Å². The molecule has 2 rings (SSSR count). The maximum Gasteiger partial charge on any atom is 0.349 e. The molecule has 0 amide bonds. The lowest BCUT2D eigenvalue weighted by Crippen LogP contribution is -2.15. The van der Waals surface area contributed by atoms with E-state index in [1.165, 1.54) is 24.6 Å². The van der Waals surface area contributed by atoms with Crippen molar-refractivity contribution < 1.29 is 9.53 Å². The number of methoxy groups -OCH3 is 1. The Morgan fingerprint density at radius 3 is 2.83 bits per heavy atom. The molecule has 6 heteroatoms. The summed E-state index contributed by atoms with van der Waals surface area (Å²) in [4.78, 5) is 22.0. The molecule has 0 radical (unpaired) electrons. The van der Waals surface area contributed by atoms with Crippen LogP contribution in [0.1, 0.15) is 15.2 Å². The van der Waals surface area contributed by atoms with Crippen molar-refractivity contribution in [2.45, 2.75) is 6.54 Å². The Balaban J connectivity index is 2.07. The van der Waals surface area contributed by atoms with Crippen LogP contribution >= 0.6 is 11.3 Å². The molecule has 5 nitrogen and oxygen atoms in total. The van der Waals surface area contributed by atoms with Gasteiger partial charge in [-0.2, -0.15) is 0 Å². The van der Waals surface area contributed by atoms with E-state index in [1.807, 2.05) is 24.1 Å². The van der Waals surface area contributed by atoms with E-state index in [-0.39, 0.29) is 5.97 Å². The molecule has 0 saturated heterocycles. The summed E-state index contributed by atoms with van der Waals surface area (Å²) in [6, 6.07) is 3.90. The van der Waals surface area contributed by atoms with Crippen LogP contribution in [0.5, 0.6) is 0 Å². The third-order valence-corrected chi connectivity index (χ3v) is 3.47. The van der Waals surface area contributed by atoms with Gasteiger partial charge in [0, 0.05) is 26.0 Å². The highest BCUT2D eigenvalue weighted by molar-refractivity contribution is 7.17. The standard InChI is InChI=1S/C12H13N3O2S/c1-15(8-9-3-5-13-6-4-9)12-14-7-10(18-12)11(16)17-2/h3-7H,8H2,1-2H3. The van der Waals surface area contributed by atoms with Crippen LogP contribution in [-0.4, -0.2) is 30.1 Å². The lowest BCUT2D eigenvalue weighted by Gasteiger charge is -2.15. The molecule has 2 aromatic heterocycles. The van der Waals surface area contributed by atoms with Gasteiger partial charge in [-0.3, -0.25) is 4.98 Å². The molecule has 0 atom stereocenters. The number of carbonyl (C=O) groups excluding carboxylic acids is 1. The second kappa shape index (κ2) is 5.59. The number of nitrogens with zero attached hydrogens (tertiary/aromatic N) is 3. The summed E-state index contributed by atoms with van der Waals surface area (Å²) in [5.41, 5.74) is 1.14. The minimum Gasteiger partial charge on any atom is -0.465 e. The van der Waals surface area contributed by atoms with Crippen molar-refractivity contribution in [1.29, 1.82) is 0 Å². The molecule has 2 heterocycles. The van der Waals surface area contributed by atoms with Crippen LogP contribution in [0.2, 0.25) is 0 Å². The zero-order valence-electron chi connectivity index (χ0n) is 10.2. The van der Waals surface area contributed by atoms with Crippen LogP contribution in [-0.2, 0) is 11.3 Å². The summed E-state index contributed by atoms with van der Waals surface area (Å²) in [5, 5.41) is 0.784. The van der Waals surface area contributed by atoms with Gasteiger partial charge in [0.05, 0.1) is 13.3 Å². The zero-order chi connectivity index (χ0) is 13.0. The summed E-state index contributed by atoms with van der Waals surface area (Å²) >= 11 is 1.32. The predicted molar refractivity (Wildman–Crippen MR) is 69.8 cm³/mol. The van der Waals surface area contributed by atoms with E-state index in [2.05, 4.69) is 14.7 Å². The average molecular weight is 263 g/mol. The molecule has 0 fully saturated rings. The molecule has 0 unspecified atom stereocenters. The molecule has 18 heavy (non-hydrogen) atoms. The third-order valence-electron chi connectivity index (χ3n) is 2.38. The van der Waals surface area contributed by atoms with Gasteiger partial charge in [0.15, 0.2) is 5.13 Å². The SMILES string of the molecule is COC(=O)c1cnc(N(C)Cc2ccncc2)s1. The Bertz CT molecular complexity index is 527. The molecule has 94 valence electrons. The van der Waals surface area contributed by atoms with Crippen molar-refractivity contribution in [1.82, 2.24) is 9.97 Å². The van der Waals surface area contributed by atoms with E-state index in [0.29, 0.717) is 4.88 Å². The number of thiazole rings is 1. The van der Waals surface area contributed by atoms with Crippen molar-refractivity contribution in [2.75, 3.05) is 19.1 Å².